The lowest BCUT2D eigenvalue weighted by Gasteiger charge is -2.32. The molecule has 5 heteroatoms. The fourth-order valence-corrected chi connectivity index (χ4v) is 4.07. The Morgan fingerprint density at radius 2 is 1.54 bits per heavy atom. The van der Waals surface area contributed by atoms with E-state index in [1.54, 1.807) is 12.0 Å². The van der Waals surface area contributed by atoms with Gasteiger partial charge in [-0.25, -0.2) is 0 Å². The normalized spacial score (nSPS) is 11.5. The third-order valence-electron chi connectivity index (χ3n) is 6.06. The molecule has 0 saturated heterocycles. The molecule has 1 atom stereocenters. The molecule has 1 N–H and O–H groups in total. The summed E-state index contributed by atoms with van der Waals surface area (Å²) < 4.78 is 5.39. The minimum atomic E-state index is -0.608. The van der Waals surface area contributed by atoms with Gasteiger partial charge in [0.25, 0.3) is 0 Å². The Morgan fingerprint density at radius 3 is 2.20 bits per heavy atom. The minimum absolute atomic E-state index is 0.0387. The molecule has 0 unspecified atom stereocenters. The fourth-order valence-electron chi connectivity index (χ4n) is 4.07. The number of benzene rings is 3. The number of ether oxygens (including phenoxy) is 1. The van der Waals surface area contributed by atoms with Crippen LogP contribution < -0.4 is 10.1 Å². The molecule has 0 saturated carbocycles. The summed E-state index contributed by atoms with van der Waals surface area (Å²) in [4.78, 5) is 28.8. The topological polar surface area (TPSA) is 58.6 Å². The molecule has 0 fully saturated rings. The fraction of sp³-hybridized carbons (Fsp3) is 0.333. The van der Waals surface area contributed by atoms with Crippen molar-refractivity contribution in [1.82, 2.24) is 10.2 Å². The first kappa shape index (κ1) is 26.0. The predicted molar refractivity (Wildman–Crippen MR) is 140 cm³/mol. The molecule has 0 aliphatic rings. The lowest BCUT2D eigenvalue weighted by Crippen LogP contribution is -2.50. The quantitative estimate of drug-likeness (QED) is 0.349. The number of aryl methyl sites for hydroxylation is 1. The highest BCUT2D eigenvalue weighted by molar-refractivity contribution is 5.88. The summed E-state index contributed by atoms with van der Waals surface area (Å²) in [6.07, 6.45) is 3.32. The first-order valence-electron chi connectivity index (χ1n) is 12.4. The molecule has 3 rings (SSSR count). The Labute approximate surface area is 209 Å². The molecule has 0 heterocycles. The molecule has 2 amide bonds. The van der Waals surface area contributed by atoms with Crippen molar-refractivity contribution >= 4 is 11.8 Å². The largest absolute Gasteiger partial charge is 0.497 e. The average molecular weight is 473 g/mol. The highest BCUT2D eigenvalue weighted by atomic mass is 16.5. The van der Waals surface area contributed by atoms with Gasteiger partial charge in [0.1, 0.15) is 11.8 Å². The van der Waals surface area contributed by atoms with E-state index in [4.69, 9.17) is 4.74 Å². The third-order valence-corrected chi connectivity index (χ3v) is 6.06. The summed E-state index contributed by atoms with van der Waals surface area (Å²) in [6, 6.07) is 26.9. The zero-order valence-corrected chi connectivity index (χ0v) is 20.8. The maximum Gasteiger partial charge on any atom is 0.243 e. The van der Waals surface area contributed by atoms with E-state index < -0.39 is 6.04 Å². The van der Waals surface area contributed by atoms with Crippen molar-refractivity contribution in [3.05, 3.63) is 102 Å². The molecule has 0 spiro atoms. The van der Waals surface area contributed by atoms with Gasteiger partial charge in [-0.2, -0.15) is 0 Å². The number of methoxy groups -OCH3 is 1. The summed E-state index contributed by atoms with van der Waals surface area (Å²) in [7, 11) is 1.63. The Hall–Kier alpha value is -3.60. The van der Waals surface area contributed by atoms with Gasteiger partial charge in [0.05, 0.1) is 7.11 Å². The Morgan fingerprint density at radius 1 is 0.886 bits per heavy atom. The van der Waals surface area contributed by atoms with E-state index in [1.165, 1.54) is 0 Å². The van der Waals surface area contributed by atoms with E-state index in [2.05, 4.69) is 12.2 Å². The van der Waals surface area contributed by atoms with Crippen LogP contribution in [0.5, 0.6) is 5.75 Å². The van der Waals surface area contributed by atoms with Crippen LogP contribution in [0.1, 0.15) is 42.9 Å². The van der Waals surface area contributed by atoms with Crippen LogP contribution in [0, 0.1) is 0 Å². The van der Waals surface area contributed by atoms with Gasteiger partial charge in [-0.1, -0.05) is 86.1 Å². The Kier molecular flexibility index (Phi) is 10.4. The lowest BCUT2D eigenvalue weighted by molar-refractivity contribution is -0.141. The summed E-state index contributed by atoms with van der Waals surface area (Å²) in [6.45, 7) is 3.03. The van der Waals surface area contributed by atoms with Crippen molar-refractivity contribution in [2.24, 2.45) is 0 Å². The molecule has 0 radical (unpaired) electrons. The predicted octanol–water partition coefficient (Wildman–Crippen LogP) is 5.18. The highest BCUT2D eigenvalue weighted by Gasteiger charge is 2.30. The monoisotopic (exact) mass is 472 g/mol. The van der Waals surface area contributed by atoms with Crippen LogP contribution in [-0.2, 0) is 29.0 Å². The van der Waals surface area contributed by atoms with E-state index >= 15 is 0 Å². The van der Waals surface area contributed by atoms with Gasteiger partial charge in [0, 0.05) is 25.9 Å². The Balaban J connectivity index is 1.89. The number of hydrogen-bond acceptors (Lipinski definition) is 3. The van der Waals surface area contributed by atoms with E-state index in [0.717, 1.165) is 35.3 Å². The number of nitrogens with zero attached hydrogens (tertiary/aromatic N) is 1. The lowest BCUT2D eigenvalue weighted by atomic mass is 10.0. The summed E-state index contributed by atoms with van der Waals surface area (Å²) in [5.41, 5.74) is 3.06. The molecule has 184 valence electrons. The number of rotatable bonds is 13. The third kappa shape index (κ3) is 8.29. The molecule has 3 aromatic rings. The van der Waals surface area contributed by atoms with Gasteiger partial charge in [-0.05, 0) is 41.7 Å². The first-order chi connectivity index (χ1) is 17.1. The molecule has 35 heavy (non-hydrogen) atoms. The van der Waals surface area contributed by atoms with Crippen molar-refractivity contribution in [3.8, 4) is 5.75 Å². The van der Waals surface area contributed by atoms with Gasteiger partial charge in [0.15, 0.2) is 0 Å². The maximum atomic E-state index is 13.7. The number of unbranched alkanes of at least 4 members (excludes halogenated alkanes) is 1. The zero-order chi connectivity index (χ0) is 24.9. The van der Waals surface area contributed by atoms with E-state index in [1.807, 2.05) is 84.9 Å². The molecular weight excluding hydrogens is 436 g/mol. The van der Waals surface area contributed by atoms with E-state index in [9.17, 15) is 9.59 Å². The number of amides is 2. The summed E-state index contributed by atoms with van der Waals surface area (Å²) in [5.74, 6) is 0.577. The second kappa shape index (κ2) is 14.0. The molecule has 0 aromatic heterocycles. The van der Waals surface area contributed by atoms with E-state index in [0.29, 0.717) is 32.4 Å². The molecule has 3 aromatic carbocycles. The van der Waals surface area contributed by atoms with Crippen molar-refractivity contribution in [1.29, 1.82) is 0 Å². The summed E-state index contributed by atoms with van der Waals surface area (Å²) in [5, 5.41) is 3.06. The zero-order valence-electron chi connectivity index (χ0n) is 20.8. The van der Waals surface area contributed by atoms with Gasteiger partial charge in [0.2, 0.25) is 11.8 Å². The van der Waals surface area contributed by atoms with Crippen LogP contribution in [0.4, 0.5) is 0 Å². The summed E-state index contributed by atoms with van der Waals surface area (Å²) >= 11 is 0. The van der Waals surface area contributed by atoms with Crippen molar-refractivity contribution in [2.75, 3.05) is 13.7 Å². The number of nitrogens with one attached hydrogen (secondary N) is 1. The standard InChI is InChI=1S/C30H36N2O3/c1-3-4-20-31-30(34)28(22-25-14-9-6-10-15-25)32(23-26-16-11-17-27(21-26)35-2)29(33)19-18-24-12-7-5-8-13-24/h5-17,21,28H,3-4,18-20,22-23H2,1-2H3,(H,31,34)/t28-/m0/s1. The molecule has 5 nitrogen and oxygen atoms in total. The average Bonchev–Trinajstić information content (AvgIpc) is 2.90. The minimum Gasteiger partial charge on any atom is -0.497 e. The molecule has 0 aliphatic carbocycles. The van der Waals surface area contributed by atoms with Crippen molar-refractivity contribution < 1.29 is 14.3 Å². The number of carbonyl (C=O) groups is 2. The Bertz CT molecular complexity index is 1050. The van der Waals surface area contributed by atoms with Crippen LogP contribution >= 0.6 is 0 Å². The second-order valence-corrected chi connectivity index (χ2v) is 8.71. The van der Waals surface area contributed by atoms with Gasteiger partial charge >= 0.3 is 0 Å². The molecular formula is C30H36N2O3. The van der Waals surface area contributed by atoms with Crippen LogP contribution in [0.3, 0.4) is 0 Å². The van der Waals surface area contributed by atoms with Gasteiger partial charge in [-0.3, -0.25) is 9.59 Å². The van der Waals surface area contributed by atoms with E-state index in [-0.39, 0.29) is 11.8 Å². The van der Waals surface area contributed by atoms with Crippen LogP contribution in [-0.4, -0.2) is 36.4 Å². The van der Waals surface area contributed by atoms with Crippen LogP contribution in [0.15, 0.2) is 84.9 Å². The van der Waals surface area contributed by atoms with Gasteiger partial charge < -0.3 is 15.0 Å². The van der Waals surface area contributed by atoms with Crippen molar-refractivity contribution in [3.63, 3.8) is 0 Å². The highest BCUT2D eigenvalue weighted by Crippen LogP contribution is 2.19. The number of hydrogen-bond donors (Lipinski definition) is 1. The van der Waals surface area contributed by atoms with Crippen molar-refractivity contribution in [2.45, 2.75) is 51.6 Å². The molecule has 0 bridgehead atoms. The number of carbonyl (C=O) groups excluding carboxylic acids is 2. The SMILES string of the molecule is CCCCNC(=O)[C@H](Cc1ccccc1)N(Cc1cccc(OC)c1)C(=O)CCc1ccccc1. The maximum absolute atomic E-state index is 13.7. The van der Waals surface area contributed by atoms with Crippen LogP contribution in [0.2, 0.25) is 0 Å². The van der Waals surface area contributed by atoms with Crippen LogP contribution in [0.25, 0.3) is 0 Å². The second-order valence-electron chi connectivity index (χ2n) is 8.71. The van der Waals surface area contributed by atoms with Gasteiger partial charge in [-0.15, -0.1) is 0 Å². The molecule has 0 aliphatic heterocycles. The first-order valence-corrected chi connectivity index (χ1v) is 12.4. The smallest absolute Gasteiger partial charge is 0.243 e.